The lowest BCUT2D eigenvalue weighted by Crippen LogP contribution is -2.57. The van der Waals surface area contributed by atoms with Crippen molar-refractivity contribution in [2.45, 2.75) is 163 Å². The molecule has 0 aromatic heterocycles. The number of thioether (sulfide) groups is 1. The molecule has 0 saturated carbocycles. The quantitative estimate of drug-likeness (QED) is 0.0402. The van der Waals surface area contributed by atoms with Crippen molar-refractivity contribution in [1.82, 2.24) is 0 Å². The molecule has 11 atom stereocenters. The molecule has 4 aromatic carbocycles. The number of rotatable bonds is 23. The molecule has 67 heavy (non-hydrogen) atoms. The predicted octanol–water partition coefficient (Wildman–Crippen LogP) is 11.3. The third kappa shape index (κ3) is 15.2. The zero-order valence-corrected chi connectivity index (χ0v) is 42.6. The van der Waals surface area contributed by atoms with Gasteiger partial charge < -0.3 is 51.8 Å². The minimum absolute atomic E-state index is 0.00662. The van der Waals surface area contributed by atoms with Gasteiger partial charge in [0.05, 0.1) is 70.7 Å². The van der Waals surface area contributed by atoms with E-state index in [0.717, 1.165) is 27.3 Å². The summed E-state index contributed by atoms with van der Waals surface area (Å²) >= 11 is 1.72. The first kappa shape index (κ1) is 51.7. The Kier molecular flexibility index (Phi) is 19.4. The van der Waals surface area contributed by atoms with Gasteiger partial charge in [0.1, 0.15) is 29.5 Å². The maximum absolute atomic E-state index is 7.32. The summed E-state index contributed by atoms with van der Waals surface area (Å²) in [5.41, 5.74) is 2.87. The lowest BCUT2D eigenvalue weighted by atomic mass is 9.94. The Morgan fingerprint density at radius 1 is 0.701 bits per heavy atom. The lowest BCUT2D eigenvalue weighted by molar-refractivity contribution is -0.301. The molecule has 11 nitrogen and oxygen atoms in total. The minimum Gasteiger partial charge on any atom is -0.497 e. The Balaban J connectivity index is 1.11. The topological polar surface area (TPSA) is 102 Å². The van der Waals surface area contributed by atoms with Crippen molar-refractivity contribution in [3.05, 3.63) is 132 Å². The molecule has 4 aromatic rings. The molecule has 0 N–H and O–H groups in total. The van der Waals surface area contributed by atoms with Crippen molar-refractivity contribution < 1.29 is 51.8 Å². The molecule has 13 heteroatoms. The van der Waals surface area contributed by atoms with Gasteiger partial charge >= 0.3 is 0 Å². The van der Waals surface area contributed by atoms with E-state index in [0.29, 0.717) is 58.7 Å². The largest absolute Gasteiger partial charge is 0.497 e. The highest BCUT2D eigenvalue weighted by molar-refractivity contribution is 7.99. The van der Waals surface area contributed by atoms with Crippen molar-refractivity contribution in [2.24, 2.45) is 0 Å². The SMILES string of the molecule is CCOC(C)OC[C@H]1O[C@@H](COCc2ccccc2)[C@H](OCc2ccccc2)C[C@@H]1OC(CC[C@@H]1O[C@@H]2CO[C@@H](c3ccc(OC)cc3)O[C@H]2C[C@H]1O[Si](C)(C)C(C)(C)C)Sc1ccccc1. The summed E-state index contributed by atoms with van der Waals surface area (Å²) in [5, 5.41) is 0.00662. The second-order valence-electron chi connectivity index (χ2n) is 19.2. The van der Waals surface area contributed by atoms with Crippen LogP contribution in [-0.4, -0.2) is 102 Å². The summed E-state index contributed by atoms with van der Waals surface area (Å²) in [6.07, 6.45) is -0.473. The van der Waals surface area contributed by atoms with E-state index in [2.05, 4.69) is 82.4 Å². The number of hydrogen-bond donors (Lipinski definition) is 0. The third-order valence-corrected chi connectivity index (χ3v) is 18.9. The highest BCUT2D eigenvalue weighted by Crippen LogP contribution is 2.43. The van der Waals surface area contributed by atoms with Crippen LogP contribution in [0.3, 0.4) is 0 Å². The fourth-order valence-electron chi connectivity index (χ4n) is 8.47. The Hall–Kier alpha value is -3.15. The molecule has 366 valence electrons. The molecule has 3 aliphatic heterocycles. The van der Waals surface area contributed by atoms with Gasteiger partial charge in [-0.15, -0.1) is 0 Å². The van der Waals surface area contributed by atoms with Crippen LogP contribution in [0.5, 0.6) is 5.75 Å². The number of benzene rings is 4. The maximum Gasteiger partial charge on any atom is 0.192 e. The smallest absolute Gasteiger partial charge is 0.192 e. The van der Waals surface area contributed by atoms with Gasteiger partial charge in [-0.3, -0.25) is 0 Å². The standard InChI is InChI=1S/C54H74O11SSi/c1-9-57-38(2)58-36-50-46(31-45(59-34-40-21-15-11-16-22-40)49(62-50)35-56-33-39-19-13-10-14-20-39)63-52(66-43-23-17-12-18-24-43)30-29-44-48(65-67(7,8)54(3,4)5)32-47-51(61-44)37-60-53(64-47)41-25-27-42(55-6)28-26-41/h10-28,38,44-53H,9,29-37H2,1-8H3/t38?,44-,45+,46-,47-,48+,49-,50+,51+,52?,53+/m0/s1. The van der Waals surface area contributed by atoms with Crippen LogP contribution < -0.4 is 4.74 Å². The van der Waals surface area contributed by atoms with Crippen LogP contribution in [0, 0.1) is 0 Å². The van der Waals surface area contributed by atoms with Crippen molar-refractivity contribution in [1.29, 1.82) is 0 Å². The van der Waals surface area contributed by atoms with Crippen LogP contribution in [0.15, 0.2) is 120 Å². The molecule has 0 spiro atoms. The Morgan fingerprint density at radius 3 is 2.01 bits per heavy atom. The second kappa shape index (κ2) is 25.1. The lowest BCUT2D eigenvalue weighted by Gasteiger charge is -2.49. The zero-order valence-electron chi connectivity index (χ0n) is 40.8. The number of methoxy groups -OCH3 is 1. The first-order chi connectivity index (χ1) is 32.4. The van der Waals surface area contributed by atoms with E-state index in [1.807, 2.05) is 80.6 Å². The van der Waals surface area contributed by atoms with Gasteiger partial charge in [-0.1, -0.05) is 124 Å². The van der Waals surface area contributed by atoms with Crippen LogP contribution in [0.1, 0.15) is 83.3 Å². The van der Waals surface area contributed by atoms with Crippen molar-refractivity contribution in [3.63, 3.8) is 0 Å². The van der Waals surface area contributed by atoms with E-state index in [4.69, 9.17) is 51.8 Å². The fourth-order valence-corrected chi connectivity index (χ4v) is 10.9. The van der Waals surface area contributed by atoms with E-state index in [-0.39, 0.29) is 59.8 Å². The van der Waals surface area contributed by atoms with Crippen LogP contribution in [0.2, 0.25) is 18.1 Å². The molecule has 0 radical (unpaired) electrons. The molecule has 3 fully saturated rings. The summed E-state index contributed by atoms with van der Waals surface area (Å²) < 4.78 is 72.2. The highest BCUT2D eigenvalue weighted by Gasteiger charge is 2.48. The van der Waals surface area contributed by atoms with E-state index < -0.39 is 27.0 Å². The van der Waals surface area contributed by atoms with Crippen molar-refractivity contribution in [2.75, 3.05) is 33.5 Å². The van der Waals surface area contributed by atoms with Crippen molar-refractivity contribution >= 4 is 20.1 Å². The van der Waals surface area contributed by atoms with Gasteiger partial charge in [0, 0.05) is 29.9 Å². The normalized spacial score (nSPS) is 26.7. The fraction of sp³-hybridized carbons (Fsp3) is 0.556. The molecule has 0 amide bonds. The molecule has 3 saturated heterocycles. The average Bonchev–Trinajstić information content (AvgIpc) is 3.33. The van der Waals surface area contributed by atoms with Gasteiger partial charge in [-0.05, 0) is 80.2 Å². The molecule has 3 heterocycles. The maximum atomic E-state index is 7.32. The number of fused-ring (bicyclic) bond motifs is 1. The van der Waals surface area contributed by atoms with Gasteiger partial charge in [-0.25, -0.2) is 0 Å². The summed E-state index contributed by atoms with van der Waals surface area (Å²) in [7, 11) is -0.559. The molecule has 0 aliphatic carbocycles. The molecular weight excluding hydrogens is 885 g/mol. The molecule has 2 unspecified atom stereocenters. The molecule has 3 aliphatic rings. The summed E-state index contributed by atoms with van der Waals surface area (Å²) in [5.74, 6) is 0.789. The third-order valence-electron chi connectivity index (χ3n) is 13.3. The molecule has 7 rings (SSSR count). The molecular formula is C54H74O11SSi. The van der Waals surface area contributed by atoms with E-state index in [9.17, 15) is 0 Å². The second-order valence-corrected chi connectivity index (χ2v) is 25.2. The Bertz CT molecular complexity index is 2010. The number of hydrogen-bond acceptors (Lipinski definition) is 12. The van der Waals surface area contributed by atoms with Crippen molar-refractivity contribution in [3.8, 4) is 5.75 Å². The first-order valence-electron chi connectivity index (χ1n) is 24.1. The van der Waals surface area contributed by atoms with E-state index in [1.165, 1.54) is 0 Å². The summed E-state index contributed by atoms with van der Waals surface area (Å²) in [6, 6.07) is 38.8. The van der Waals surface area contributed by atoms with Gasteiger partial charge in [0.15, 0.2) is 20.9 Å². The van der Waals surface area contributed by atoms with Gasteiger partial charge in [0.25, 0.3) is 0 Å². The Labute approximate surface area is 404 Å². The van der Waals surface area contributed by atoms with Gasteiger partial charge in [-0.2, -0.15) is 0 Å². The summed E-state index contributed by atoms with van der Waals surface area (Å²) in [4.78, 5) is 1.11. The first-order valence-corrected chi connectivity index (χ1v) is 27.9. The van der Waals surface area contributed by atoms with Crippen LogP contribution >= 0.6 is 11.8 Å². The van der Waals surface area contributed by atoms with Gasteiger partial charge in [0.2, 0.25) is 0 Å². The van der Waals surface area contributed by atoms with Crippen LogP contribution in [0.25, 0.3) is 0 Å². The molecule has 0 bridgehead atoms. The summed E-state index contributed by atoms with van der Waals surface area (Å²) in [6.45, 7) is 17.9. The predicted molar refractivity (Wildman–Crippen MR) is 264 cm³/mol. The highest BCUT2D eigenvalue weighted by atomic mass is 32.2. The average molecular weight is 959 g/mol. The van der Waals surface area contributed by atoms with E-state index >= 15 is 0 Å². The zero-order chi connectivity index (χ0) is 47.2. The minimum atomic E-state index is -2.23. The van der Waals surface area contributed by atoms with Crippen LogP contribution in [-0.2, 0) is 60.3 Å². The van der Waals surface area contributed by atoms with E-state index in [1.54, 1.807) is 18.9 Å². The monoisotopic (exact) mass is 958 g/mol. The van der Waals surface area contributed by atoms with Crippen LogP contribution in [0.4, 0.5) is 0 Å². The number of ether oxygens (including phenoxy) is 10. The Morgan fingerprint density at radius 2 is 1.36 bits per heavy atom.